The van der Waals surface area contributed by atoms with Crippen LogP contribution in [-0.2, 0) is 14.3 Å². The van der Waals surface area contributed by atoms with Gasteiger partial charge in [0.15, 0.2) is 0 Å². The number of ether oxygens (including phenoxy) is 2. The molecule has 1 fully saturated rings. The summed E-state index contributed by atoms with van der Waals surface area (Å²) in [7, 11) is 0. The lowest BCUT2D eigenvalue weighted by atomic mass is 10.3. The fourth-order valence-corrected chi connectivity index (χ4v) is 0.977. The van der Waals surface area contributed by atoms with Gasteiger partial charge in [0.2, 0.25) is 0 Å². The van der Waals surface area contributed by atoms with Crippen LogP contribution in [-0.4, -0.2) is 44.6 Å². The van der Waals surface area contributed by atoms with E-state index in [-0.39, 0.29) is 6.61 Å². The first kappa shape index (κ1) is 11.3. The first-order valence-corrected chi connectivity index (χ1v) is 4.06. The molecular formula is C7H10F3NO3. The van der Waals surface area contributed by atoms with Crippen molar-refractivity contribution in [2.75, 3.05) is 26.3 Å². The first-order valence-electron chi connectivity index (χ1n) is 4.06. The minimum atomic E-state index is -4.93. The second kappa shape index (κ2) is 4.61. The van der Waals surface area contributed by atoms with Gasteiger partial charge in [-0.3, -0.25) is 0 Å². The van der Waals surface area contributed by atoms with Gasteiger partial charge in [-0.15, -0.1) is 0 Å². The number of hydrogen-bond donors (Lipinski definition) is 1. The third-order valence-electron chi connectivity index (χ3n) is 1.64. The zero-order valence-corrected chi connectivity index (χ0v) is 7.26. The normalized spacial score (nSPS) is 23.2. The Kier molecular flexibility index (Phi) is 3.70. The van der Waals surface area contributed by atoms with Crippen molar-refractivity contribution in [2.45, 2.75) is 12.3 Å². The van der Waals surface area contributed by atoms with Gasteiger partial charge < -0.3 is 14.8 Å². The molecule has 0 amide bonds. The smallest absolute Gasteiger partial charge is 0.456 e. The maximum Gasteiger partial charge on any atom is 0.490 e. The van der Waals surface area contributed by atoms with Crippen LogP contribution in [0.3, 0.4) is 0 Å². The fourth-order valence-electron chi connectivity index (χ4n) is 0.977. The van der Waals surface area contributed by atoms with Crippen LogP contribution in [0.5, 0.6) is 0 Å². The molecule has 0 saturated carbocycles. The lowest BCUT2D eigenvalue weighted by Crippen LogP contribution is -2.42. The summed E-state index contributed by atoms with van der Waals surface area (Å²) in [6.45, 7) is 1.09. The lowest BCUT2D eigenvalue weighted by Gasteiger charge is -2.23. The highest BCUT2D eigenvalue weighted by Crippen LogP contribution is 2.16. The van der Waals surface area contributed by atoms with E-state index in [2.05, 4.69) is 10.1 Å². The van der Waals surface area contributed by atoms with Gasteiger partial charge in [-0.1, -0.05) is 0 Å². The molecule has 0 radical (unpaired) electrons. The number of rotatable bonds is 2. The van der Waals surface area contributed by atoms with Gasteiger partial charge >= 0.3 is 12.1 Å². The highest BCUT2D eigenvalue weighted by molar-refractivity contribution is 5.75. The summed E-state index contributed by atoms with van der Waals surface area (Å²) in [4.78, 5) is 10.3. The molecular weight excluding hydrogens is 203 g/mol. The van der Waals surface area contributed by atoms with Gasteiger partial charge in [0.25, 0.3) is 0 Å². The zero-order valence-electron chi connectivity index (χ0n) is 7.26. The van der Waals surface area contributed by atoms with Gasteiger partial charge in [-0.05, 0) is 0 Å². The quantitative estimate of drug-likeness (QED) is 0.660. The standard InChI is InChI=1S/C7H10F3NO3/c8-7(9,10)6(12)14-4-5-3-11-1-2-13-5/h5,11H,1-4H2. The van der Waals surface area contributed by atoms with Gasteiger partial charge in [-0.2, -0.15) is 13.2 Å². The Morgan fingerprint density at radius 1 is 1.57 bits per heavy atom. The van der Waals surface area contributed by atoms with Crippen LogP contribution in [0.4, 0.5) is 13.2 Å². The van der Waals surface area contributed by atoms with Crippen molar-refractivity contribution in [3.05, 3.63) is 0 Å². The molecule has 0 spiro atoms. The minimum absolute atomic E-state index is 0.370. The molecule has 0 aromatic carbocycles. The molecule has 1 saturated heterocycles. The maximum absolute atomic E-state index is 11.7. The van der Waals surface area contributed by atoms with Crippen molar-refractivity contribution >= 4 is 5.97 Å². The van der Waals surface area contributed by atoms with E-state index in [0.717, 1.165) is 0 Å². The molecule has 0 aromatic rings. The number of alkyl halides is 3. The number of carbonyl (C=O) groups is 1. The third-order valence-corrected chi connectivity index (χ3v) is 1.64. The Labute approximate surface area is 78.4 Å². The molecule has 1 aliphatic rings. The molecule has 1 atom stereocenters. The van der Waals surface area contributed by atoms with Crippen LogP contribution in [0, 0.1) is 0 Å². The average molecular weight is 213 g/mol. The SMILES string of the molecule is O=C(OCC1CNCCO1)C(F)(F)F. The monoisotopic (exact) mass is 213 g/mol. The summed E-state index contributed by atoms with van der Waals surface area (Å²) >= 11 is 0. The summed E-state index contributed by atoms with van der Waals surface area (Å²) in [6, 6.07) is 0. The molecule has 0 aliphatic carbocycles. The van der Waals surface area contributed by atoms with Crippen molar-refractivity contribution in [1.82, 2.24) is 5.32 Å². The van der Waals surface area contributed by atoms with E-state index in [1.807, 2.05) is 0 Å². The molecule has 14 heavy (non-hydrogen) atoms. The minimum Gasteiger partial charge on any atom is -0.456 e. The Balaban J connectivity index is 2.22. The number of hydrogen-bond acceptors (Lipinski definition) is 4. The van der Waals surface area contributed by atoms with E-state index in [0.29, 0.717) is 19.7 Å². The summed E-state index contributed by atoms with van der Waals surface area (Å²) in [6.07, 6.45) is -5.42. The zero-order chi connectivity index (χ0) is 10.6. The fraction of sp³-hybridized carbons (Fsp3) is 0.857. The van der Waals surface area contributed by atoms with Crippen molar-refractivity contribution in [1.29, 1.82) is 0 Å². The first-order chi connectivity index (χ1) is 6.50. The molecule has 1 aliphatic heterocycles. The average Bonchev–Trinajstić information content (AvgIpc) is 2.14. The van der Waals surface area contributed by atoms with E-state index in [1.165, 1.54) is 0 Å². The van der Waals surface area contributed by atoms with E-state index < -0.39 is 18.2 Å². The Morgan fingerprint density at radius 2 is 2.29 bits per heavy atom. The summed E-state index contributed by atoms with van der Waals surface area (Å²) in [5.41, 5.74) is 0. The number of morpholine rings is 1. The second-order valence-electron chi connectivity index (χ2n) is 2.79. The third kappa shape index (κ3) is 3.51. The number of nitrogens with one attached hydrogen (secondary N) is 1. The van der Waals surface area contributed by atoms with E-state index in [1.54, 1.807) is 0 Å². The van der Waals surface area contributed by atoms with E-state index in [4.69, 9.17) is 4.74 Å². The molecule has 1 heterocycles. The molecule has 0 bridgehead atoms. The number of halogens is 3. The number of carbonyl (C=O) groups excluding carboxylic acids is 1. The molecule has 1 rings (SSSR count). The van der Waals surface area contributed by atoms with Crippen LogP contribution >= 0.6 is 0 Å². The molecule has 7 heteroatoms. The van der Waals surface area contributed by atoms with Crippen LogP contribution in [0.1, 0.15) is 0 Å². The van der Waals surface area contributed by atoms with Gasteiger partial charge in [-0.25, -0.2) is 4.79 Å². The molecule has 0 aromatic heterocycles. The predicted molar refractivity (Wildman–Crippen MR) is 39.6 cm³/mol. The van der Waals surface area contributed by atoms with E-state index in [9.17, 15) is 18.0 Å². The summed E-state index contributed by atoms with van der Waals surface area (Å²) in [5.74, 6) is -2.17. The second-order valence-corrected chi connectivity index (χ2v) is 2.79. The van der Waals surface area contributed by atoms with Crippen LogP contribution < -0.4 is 5.32 Å². The molecule has 4 nitrogen and oxygen atoms in total. The highest BCUT2D eigenvalue weighted by Gasteiger charge is 2.41. The van der Waals surface area contributed by atoms with Crippen molar-refractivity contribution in [2.24, 2.45) is 0 Å². The van der Waals surface area contributed by atoms with Crippen molar-refractivity contribution in [3.63, 3.8) is 0 Å². The lowest BCUT2D eigenvalue weighted by molar-refractivity contribution is -0.203. The maximum atomic E-state index is 11.7. The molecule has 1 N–H and O–H groups in total. The summed E-state index contributed by atoms with van der Waals surface area (Å²) in [5, 5.41) is 2.90. The van der Waals surface area contributed by atoms with Gasteiger partial charge in [0.1, 0.15) is 12.7 Å². The van der Waals surface area contributed by atoms with Crippen LogP contribution in [0.2, 0.25) is 0 Å². The Morgan fingerprint density at radius 3 is 2.79 bits per heavy atom. The van der Waals surface area contributed by atoms with Crippen LogP contribution in [0.15, 0.2) is 0 Å². The van der Waals surface area contributed by atoms with Crippen molar-refractivity contribution in [3.8, 4) is 0 Å². The largest absolute Gasteiger partial charge is 0.490 e. The van der Waals surface area contributed by atoms with Crippen molar-refractivity contribution < 1.29 is 27.4 Å². The highest BCUT2D eigenvalue weighted by atomic mass is 19.4. The number of esters is 1. The topological polar surface area (TPSA) is 47.6 Å². The summed E-state index contributed by atoms with van der Waals surface area (Å²) < 4.78 is 44.1. The molecule has 1 unspecified atom stereocenters. The van der Waals surface area contributed by atoms with Gasteiger partial charge in [0.05, 0.1) is 6.61 Å². The van der Waals surface area contributed by atoms with Crippen LogP contribution in [0.25, 0.3) is 0 Å². The predicted octanol–water partition coefficient (Wildman–Crippen LogP) is 0.0803. The Bertz CT molecular complexity index is 201. The molecule has 82 valence electrons. The Hall–Kier alpha value is -0.820. The van der Waals surface area contributed by atoms with E-state index >= 15 is 0 Å². The van der Waals surface area contributed by atoms with Gasteiger partial charge in [0, 0.05) is 13.1 Å².